The summed E-state index contributed by atoms with van der Waals surface area (Å²) in [6.45, 7) is 11.1. The predicted octanol–water partition coefficient (Wildman–Crippen LogP) is 5.44. The molecule has 3 aromatic carbocycles. The highest BCUT2D eigenvalue weighted by molar-refractivity contribution is 6.30. The summed E-state index contributed by atoms with van der Waals surface area (Å²) in [5, 5.41) is 17.9. The van der Waals surface area contributed by atoms with E-state index < -0.39 is 6.09 Å². The van der Waals surface area contributed by atoms with Crippen molar-refractivity contribution in [1.29, 1.82) is 0 Å². The van der Waals surface area contributed by atoms with Gasteiger partial charge < -0.3 is 63.9 Å². The molecule has 4 N–H and O–H groups in total. The van der Waals surface area contributed by atoms with Gasteiger partial charge in [0.15, 0.2) is 0 Å². The highest BCUT2D eigenvalue weighted by Crippen LogP contribution is 2.41. The average Bonchev–Trinajstić information content (AvgIpc) is 3.25. The molecule has 0 radical (unpaired) electrons. The van der Waals surface area contributed by atoms with Crippen LogP contribution in [-0.4, -0.2) is 148 Å². The van der Waals surface area contributed by atoms with Gasteiger partial charge in [0.1, 0.15) is 0 Å². The van der Waals surface area contributed by atoms with Gasteiger partial charge in [0.25, 0.3) is 5.91 Å². The summed E-state index contributed by atoms with van der Waals surface area (Å²) in [6, 6.07) is 21.3. The number of amides is 3. The molecule has 3 amide bonds. The molecule has 16 nitrogen and oxygen atoms in total. The zero-order chi connectivity index (χ0) is 43.5. The molecule has 0 unspecified atom stereocenters. The van der Waals surface area contributed by atoms with E-state index >= 15 is 0 Å². The second-order valence-electron chi connectivity index (χ2n) is 13.9. The minimum atomic E-state index is -1.07. The van der Waals surface area contributed by atoms with Crippen molar-refractivity contribution >= 4 is 40.9 Å². The van der Waals surface area contributed by atoms with Gasteiger partial charge in [-0.15, -0.1) is 0 Å². The van der Waals surface area contributed by atoms with E-state index in [1.54, 1.807) is 6.92 Å². The number of ether oxygens (including phenoxy) is 8. The van der Waals surface area contributed by atoms with E-state index in [1.807, 2.05) is 65.6 Å². The summed E-state index contributed by atoms with van der Waals surface area (Å²) < 4.78 is 43.6. The standard InChI is InChI=1S/C44H61ClN4O12/c1-33-31-41(48-39-10-8-38(45)9-11-39)40-32-37(7-12-42(40)49(33)34(2)50)35-3-5-36(6-4-35)43(51)46-13-15-54-17-19-56-21-23-58-25-27-60-29-30-61-28-26-59-24-22-57-20-18-55-16-14-47-44(52)53/h3-12,32-33,41,47-48H,13-31H2,1-2H3,(H,46,51)(H,52,53)/t33-,41+/m0/s1. The number of hydrogen-bond donors (Lipinski definition) is 4. The highest BCUT2D eigenvalue weighted by atomic mass is 35.5. The van der Waals surface area contributed by atoms with Crippen LogP contribution >= 0.6 is 11.6 Å². The maximum absolute atomic E-state index is 12.8. The van der Waals surface area contributed by atoms with Gasteiger partial charge in [0, 0.05) is 48.0 Å². The Balaban J connectivity index is 0.974. The normalized spacial score (nSPS) is 14.7. The third kappa shape index (κ3) is 19.1. The molecule has 1 aliphatic heterocycles. The van der Waals surface area contributed by atoms with E-state index in [4.69, 9.17) is 54.6 Å². The van der Waals surface area contributed by atoms with Crippen LogP contribution in [0.15, 0.2) is 66.7 Å². The molecule has 61 heavy (non-hydrogen) atoms. The average molecular weight is 873 g/mol. The molecule has 0 fully saturated rings. The Bertz CT molecular complexity index is 1720. The lowest BCUT2D eigenvalue weighted by atomic mass is 9.88. The monoisotopic (exact) mass is 872 g/mol. The Kier molecular flexibility index (Phi) is 23.5. The van der Waals surface area contributed by atoms with Gasteiger partial charge in [-0.3, -0.25) is 9.59 Å². The second kappa shape index (κ2) is 29.0. The number of hydrogen-bond acceptors (Lipinski definition) is 12. The van der Waals surface area contributed by atoms with E-state index in [0.717, 1.165) is 34.5 Å². The molecular formula is C44H61ClN4O12. The predicted molar refractivity (Wildman–Crippen MR) is 232 cm³/mol. The largest absolute Gasteiger partial charge is 0.465 e. The molecular weight excluding hydrogens is 812 g/mol. The van der Waals surface area contributed by atoms with E-state index in [9.17, 15) is 14.4 Å². The topological polar surface area (TPSA) is 185 Å². The molecule has 17 heteroatoms. The van der Waals surface area contributed by atoms with Crippen molar-refractivity contribution in [1.82, 2.24) is 10.6 Å². The van der Waals surface area contributed by atoms with Crippen LogP contribution in [0.25, 0.3) is 11.1 Å². The molecule has 4 rings (SSSR count). The minimum absolute atomic E-state index is 0.00694. The fraction of sp³-hybridized carbons (Fsp3) is 0.523. The molecule has 0 saturated heterocycles. The number of nitrogens with zero attached hydrogens (tertiary/aromatic N) is 1. The number of anilines is 2. The molecule has 0 spiro atoms. The van der Waals surface area contributed by atoms with Crippen LogP contribution in [-0.2, 0) is 42.7 Å². The fourth-order valence-electron chi connectivity index (χ4n) is 6.43. The summed E-state index contributed by atoms with van der Waals surface area (Å²) in [7, 11) is 0. The summed E-state index contributed by atoms with van der Waals surface area (Å²) in [6.07, 6.45) is -0.322. The zero-order valence-electron chi connectivity index (χ0n) is 35.2. The molecule has 0 aliphatic carbocycles. The Morgan fingerprint density at radius 1 is 0.623 bits per heavy atom. The fourth-order valence-corrected chi connectivity index (χ4v) is 6.56. The molecule has 336 valence electrons. The van der Waals surface area contributed by atoms with Crippen molar-refractivity contribution in [3.8, 4) is 11.1 Å². The maximum Gasteiger partial charge on any atom is 0.404 e. The molecule has 3 aromatic rings. The van der Waals surface area contributed by atoms with Crippen LogP contribution in [0.5, 0.6) is 0 Å². The first-order valence-corrected chi connectivity index (χ1v) is 21.0. The van der Waals surface area contributed by atoms with Gasteiger partial charge in [-0.05, 0) is 78.6 Å². The number of nitrogens with one attached hydrogen (secondary N) is 3. The van der Waals surface area contributed by atoms with Gasteiger partial charge in [-0.1, -0.05) is 29.8 Å². The van der Waals surface area contributed by atoms with Crippen molar-refractivity contribution in [2.75, 3.05) is 129 Å². The molecule has 1 aliphatic rings. The van der Waals surface area contributed by atoms with E-state index in [-0.39, 0.29) is 30.4 Å². The van der Waals surface area contributed by atoms with Crippen LogP contribution in [0.4, 0.5) is 16.2 Å². The van der Waals surface area contributed by atoms with E-state index in [1.165, 1.54) is 0 Å². The minimum Gasteiger partial charge on any atom is -0.465 e. The van der Waals surface area contributed by atoms with Gasteiger partial charge >= 0.3 is 6.09 Å². The lowest BCUT2D eigenvalue weighted by molar-refractivity contribution is -0.117. The number of carbonyl (C=O) groups excluding carboxylic acids is 2. The van der Waals surface area contributed by atoms with Gasteiger partial charge in [-0.25, -0.2) is 4.79 Å². The first-order chi connectivity index (χ1) is 29.7. The Hall–Kier alpha value is -4.36. The summed E-state index contributed by atoms with van der Waals surface area (Å²) >= 11 is 6.11. The van der Waals surface area contributed by atoms with Crippen LogP contribution in [0.2, 0.25) is 5.02 Å². The van der Waals surface area contributed by atoms with Crippen molar-refractivity contribution in [2.24, 2.45) is 0 Å². The number of benzene rings is 3. The second-order valence-corrected chi connectivity index (χ2v) is 14.4. The number of fused-ring (bicyclic) bond motifs is 1. The molecule has 0 saturated carbocycles. The number of rotatable bonds is 31. The van der Waals surface area contributed by atoms with Crippen LogP contribution < -0.4 is 20.9 Å². The quantitative estimate of drug-likeness (QED) is 0.0601. The number of carbonyl (C=O) groups is 3. The van der Waals surface area contributed by atoms with Crippen molar-refractivity contribution < 1.29 is 57.4 Å². The smallest absolute Gasteiger partial charge is 0.404 e. The lowest BCUT2D eigenvalue weighted by Gasteiger charge is -2.39. The summed E-state index contributed by atoms with van der Waals surface area (Å²) in [5.41, 5.74) is 5.39. The van der Waals surface area contributed by atoms with Crippen molar-refractivity contribution in [2.45, 2.75) is 32.4 Å². The van der Waals surface area contributed by atoms with Gasteiger partial charge in [0.2, 0.25) is 5.91 Å². The van der Waals surface area contributed by atoms with Crippen molar-refractivity contribution in [3.05, 3.63) is 82.9 Å². The first-order valence-electron chi connectivity index (χ1n) is 20.7. The molecule has 0 bridgehead atoms. The first kappa shape index (κ1) is 49.3. The summed E-state index contributed by atoms with van der Waals surface area (Å²) in [5.74, 6) is -0.175. The van der Waals surface area contributed by atoms with E-state index in [2.05, 4.69) is 28.9 Å². The maximum atomic E-state index is 12.8. The Morgan fingerprint density at radius 3 is 1.52 bits per heavy atom. The van der Waals surface area contributed by atoms with E-state index in [0.29, 0.717) is 123 Å². The van der Waals surface area contributed by atoms with Crippen molar-refractivity contribution in [3.63, 3.8) is 0 Å². The Morgan fingerprint density at radius 2 is 1.07 bits per heavy atom. The number of carboxylic acid groups (broad SMARTS) is 1. The zero-order valence-corrected chi connectivity index (χ0v) is 36.0. The molecule has 0 aromatic heterocycles. The number of halogens is 1. The molecule has 2 atom stereocenters. The molecule has 1 heterocycles. The Labute approximate surface area is 363 Å². The highest BCUT2D eigenvalue weighted by Gasteiger charge is 2.32. The SMILES string of the molecule is CC(=O)N1c2ccc(-c3ccc(C(=O)NCCOCCOCCOCCOCCOCCOCCOCCOCCNC(=O)O)cc3)cc2[C@H](Nc2ccc(Cl)cc2)C[C@@H]1C. The van der Waals surface area contributed by atoms with Crippen LogP contribution in [0, 0.1) is 0 Å². The van der Waals surface area contributed by atoms with Gasteiger partial charge in [0.05, 0.1) is 112 Å². The van der Waals surface area contributed by atoms with Crippen LogP contribution in [0.1, 0.15) is 42.2 Å². The third-order valence-corrected chi connectivity index (χ3v) is 9.60. The summed E-state index contributed by atoms with van der Waals surface area (Å²) in [4.78, 5) is 37.6. The van der Waals surface area contributed by atoms with Gasteiger partial charge in [-0.2, -0.15) is 0 Å². The third-order valence-electron chi connectivity index (χ3n) is 9.34. The van der Waals surface area contributed by atoms with Crippen LogP contribution in [0.3, 0.4) is 0 Å². The lowest BCUT2D eigenvalue weighted by Crippen LogP contribution is -2.43.